The fourth-order valence-corrected chi connectivity index (χ4v) is 0.838. The number of methoxy groups -OCH3 is 1. The zero-order valence-corrected chi connectivity index (χ0v) is 8.34. The lowest BCUT2D eigenvalue weighted by Gasteiger charge is -2.23. The number of rotatable bonds is 3. The Morgan fingerprint density at radius 3 is 2.23 bits per heavy atom. The molecule has 13 heavy (non-hydrogen) atoms. The quantitative estimate of drug-likeness (QED) is 0.488. The summed E-state index contributed by atoms with van der Waals surface area (Å²) in [4.78, 5) is 21.6. The number of hydrogen-bond donors (Lipinski definition) is 1. The molecule has 0 unspecified atom stereocenters. The van der Waals surface area contributed by atoms with E-state index in [4.69, 9.17) is 4.74 Å². The van der Waals surface area contributed by atoms with Crippen molar-refractivity contribution >= 4 is 11.9 Å². The minimum Gasteiger partial charge on any atom is -0.461 e. The summed E-state index contributed by atoms with van der Waals surface area (Å²) in [5, 5.41) is 2.84. The first-order chi connectivity index (χ1) is 5.93. The van der Waals surface area contributed by atoms with Crippen molar-refractivity contribution in [3.05, 3.63) is 0 Å². The number of esters is 2. The van der Waals surface area contributed by atoms with Gasteiger partial charge in [-0.05, 0) is 20.9 Å². The predicted molar refractivity (Wildman–Crippen MR) is 46.1 cm³/mol. The average molecular weight is 189 g/mol. The van der Waals surface area contributed by atoms with Crippen LogP contribution in [0.1, 0.15) is 13.8 Å². The lowest BCUT2D eigenvalue weighted by atomic mass is 10.1. The van der Waals surface area contributed by atoms with Gasteiger partial charge in [0.15, 0.2) is 0 Å². The van der Waals surface area contributed by atoms with Crippen LogP contribution in [-0.2, 0) is 19.1 Å². The van der Waals surface area contributed by atoms with E-state index in [0.717, 1.165) is 7.11 Å². The standard InChI is InChI=1S/C8H15NO4/c1-8(2,5-9-3)13-7(11)6(10)12-4/h9H,5H2,1-4H3. The molecule has 0 aromatic carbocycles. The molecule has 1 N–H and O–H groups in total. The van der Waals surface area contributed by atoms with Crippen molar-refractivity contribution in [2.45, 2.75) is 19.4 Å². The molecule has 76 valence electrons. The predicted octanol–water partition coefficient (Wildman–Crippen LogP) is -0.299. The number of likely N-dealkylation sites (N-methyl/N-ethyl adjacent to an activating group) is 1. The highest BCUT2D eigenvalue weighted by Crippen LogP contribution is 2.07. The summed E-state index contributed by atoms with van der Waals surface area (Å²) in [6.45, 7) is 3.87. The summed E-state index contributed by atoms with van der Waals surface area (Å²) in [5.41, 5.74) is -0.708. The third-order valence-corrected chi connectivity index (χ3v) is 1.32. The molecule has 0 spiro atoms. The summed E-state index contributed by atoms with van der Waals surface area (Å²) < 4.78 is 9.06. The Labute approximate surface area is 77.4 Å². The van der Waals surface area contributed by atoms with Crippen LogP contribution in [0.2, 0.25) is 0 Å². The average Bonchev–Trinajstić information content (AvgIpc) is 2.01. The van der Waals surface area contributed by atoms with Gasteiger partial charge in [0.05, 0.1) is 7.11 Å². The maximum absolute atomic E-state index is 10.9. The molecular formula is C8H15NO4. The Bertz CT molecular complexity index is 200. The molecule has 0 radical (unpaired) electrons. The molecule has 0 saturated carbocycles. The Hall–Kier alpha value is -1.10. The number of hydrogen-bond acceptors (Lipinski definition) is 5. The van der Waals surface area contributed by atoms with Gasteiger partial charge in [0, 0.05) is 6.54 Å². The van der Waals surface area contributed by atoms with Crippen LogP contribution in [-0.4, -0.2) is 38.2 Å². The van der Waals surface area contributed by atoms with Gasteiger partial charge >= 0.3 is 11.9 Å². The van der Waals surface area contributed by atoms with E-state index in [2.05, 4.69) is 10.1 Å². The van der Waals surface area contributed by atoms with Crippen molar-refractivity contribution in [3.63, 3.8) is 0 Å². The van der Waals surface area contributed by atoms with E-state index >= 15 is 0 Å². The van der Waals surface area contributed by atoms with Crippen LogP contribution in [0.25, 0.3) is 0 Å². The van der Waals surface area contributed by atoms with Gasteiger partial charge in [-0.15, -0.1) is 0 Å². The first-order valence-electron chi connectivity index (χ1n) is 3.89. The Kier molecular flexibility index (Phi) is 4.40. The van der Waals surface area contributed by atoms with Crippen LogP contribution >= 0.6 is 0 Å². The van der Waals surface area contributed by atoms with E-state index in [1.54, 1.807) is 20.9 Å². The summed E-state index contributed by atoms with van der Waals surface area (Å²) in [6.07, 6.45) is 0. The van der Waals surface area contributed by atoms with Crippen molar-refractivity contribution in [3.8, 4) is 0 Å². The minimum absolute atomic E-state index is 0.468. The maximum atomic E-state index is 10.9. The number of carbonyl (C=O) groups is 2. The van der Waals surface area contributed by atoms with Gasteiger partial charge in [-0.3, -0.25) is 0 Å². The van der Waals surface area contributed by atoms with E-state index in [1.807, 2.05) is 0 Å². The molecule has 0 atom stereocenters. The van der Waals surface area contributed by atoms with E-state index in [-0.39, 0.29) is 0 Å². The Morgan fingerprint density at radius 2 is 1.85 bits per heavy atom. The Morgan fingerprint density at radius 1 is 1.31 bits per heavy atom. The van der Waals surface area contributed by atoms with E-state index in [1.165, 1.54) is 0 Å². The highest BCUT2D eigenvalue weighted by Gasteiger charge is 2.26. The van der Waals surface area contributed by atoms with Gasteiger partial charge in [-0.2, -0.15) is 0 Å². The summed E-state index contributed by atoms with van der Waals surface area (Å²) >= 11 is 0. The van der Waals surface area contributed by atoms with Gasteiger partial charge in [0.1, 0.15) is 5.60 Å². The van der Waals surface area contributed by atoms with Crippen LogP contribution < -0.4 is 5.32 Å². The van der Waals surface area contributed by atoms with Gasteiger partial charge in [0.2, 0.25) is 0 Å². The molecule has 0 aromatic rings. The highest BCUT2D eigenvalue weighted by molar-refractivity contribution is 6.29. The number of ether oxygens (including phenoxy) is 2. The lowest BCUT2D eigenvalue weighted by molar-refractivity contribution is -0.173. The SMILES string of the molecule is CNCC(C)(C)OC(=O)C(=O)OC. The second kappa shape index (κ2) is 4.81. The highest BCUT2D eigenvalue weighted by atomic mass is 16.6. The van der Waals surface area contributed by atoms with E-state index in [0.29, 0.717) is 6.54 Å². The third-order valence-electron chi connectivity index (χ3n) is 1.32. The second-order valence-electron chi connectivity index (χ2n) is 3.17. The lowest BCUT2D eigenvalue weighted by Crippen LogP contribution is -2.40. The molecule has 0 aliphatic rings. The molecular weight excluding hydrogens is 174 g/mol. The summed E-state index contributed by atoms with van der Waals surface area (Å²) in [7, 11) is 2.86. The molecule has 0 saturated heterocycles. The summed E-state index contributed by atoms with van der Waals surface area (Å²) in [5.74, 6) is -1.95. The number of nitrogens with one attached hydrogen (secondary N) is 1. The van der Waals surface area contributed by atoms with Crippen molar-refractivity contribution in [2.24, 2.45) is 0 Å². The van der Waals surface area contributed by atoms with Crippen LogP contribution in [0.5, 0.6) is 0 Å². The smallest absolute Gasteiger partial charge is 0.418 e. The minimum atomic E-state index is -0.982. The van der Waals surface area contributed by atoms with Crippen molar-refractivity contribution in [1.82, 2.24) is 5.32 Å². The zero-order valence-electron chi connectivity index (χ0n) is 8.34. The topological polar surface area (TPSA) is 64.6 Å². The van der Waals surface area contributed by atoms with Crippen molar-refractivity contribution in [2.75, 3.05) is 20.7 Å². The van der Waals surface area contributed by atoms with Crippen LogP contribution in [0.3, 0.4) is 0 Å². The molecule has 0 aliphatic heterocycles. The van der Waals surface area contributed by atoms with Crippen molar-refractivity contribution in [1.29, 1.82) is 0 Å². The largest absolute Gasteiger partial charge is 0.461 e. The van der Waals surface area contributed by atoms with Crippen LogP contribution in [0.4, 0.5) is 0 Å². The maximum Gasteiger partial charge on any atom is 0.418 e. The first-order valence-corrected chi connectivity index (χ1v) is 3.89. The van der Waals surface area contributed by atoms with Crippen LogP contribution in [0.15, 0.2) is 0 Å². The normalized spacial score (nSPS) is 10.8. The summed E-state index contributed by atoms with van der Waals surface area (Å²) in [6, 6.07) is 0. The zero-order chi connectivity index (χ0) is 10.5. The number of carbonyl (C=O) groups excluding carboxylic acids is 2. The second-order valence-corrected chi connectivity index (χ2v) is 3.17. The molecule has 0 amide bonds. The van der Waals surface area contributed by atoms with Gasteiger partial charge in [-0.1, -0.05) is 0 Å². The first kappa shape index (κ1) is 11.9. The molecule has 0 heterocycles. The molecule has 5 nitrogen and oxygen atoms in total. The molecule has 5 heteroatoms. The van der Waals surface area contributed by atoms with Gasteiger partial charge in [0.25, 0.3) is 0 Å². The van der Waals surface area contributed by atoms with Gasteiger partial charge in [-0.25, -0.2) is 9.59 Å². The Balaban J connectivity index is 4.11. The fraction of sp³-hybridized carbons (Fsp3) is 0.750. The molecule has 0 aliphatic carbocycles. The molecule has 0 bridgehead atoms. The monoisotopic (exact) mass is 189 g/mol. The molecule has 0 fully saturated rings. The van der Waals surface area contributed by atoms with Crippen LogP contribution in [0, 0.1) is 0 Å². The van der Waals surface area contributed by atoms with Crippen molar-refractivity contribution < 1.29 is 19.1 Å². The molecule has 0 aromatic heterocycles. The van der Waals surface area contributed by atoms with E-state index in [9.17, 15) is 9.59 Å². The fourth-order valence-electron chi connectivity index (χ4n) is 0.838. The van der Waals surface area contributed by atoms with E-state index < -0.39 is 17.5 Å². The molecule has 0 rings (SSSR count). The van der Waals surface area contributed by atoms with Gasteiger partial charge < -0.3 is 14.8 Å². The third kappa shape index (κ3) is 4.47.